The highest BCUT2D eigenvalue weighted by Crippen LogP contribution is 2.28. The third kappa shape index (κ3) is 5.30. The summed E-state index contributed by atoms with van der Waals surface area (Å²) in [6.45, 7) is 6.91. The number of aryl methyl sites for hydroxylation is 1. The molecule has 3 heterocycles. The van der Waals surface area contributed by atoms with Crippen molar-refractivity contribution in [1.29, 1.82) is 0 Å². The molecule has 0 aliphatic carbocycles. The Hall–Kier alpha value is -2.83. The Labute approximate surface area is 216 Å². The van der Waals surface area contributed by atoms with Crippen LogP contribution in [0.3, 0.4) is 0 Å². The average molecular weight is 539 g/mol. The lowest BCUT2D eigenvalue weighted by Crippen LogP contribution is -2.51. The van der Waals surface area contributed by atoms with Crippen LogP contribution < -0.4 is 4.90 Å². The van der Waals surface area contributed by atoms with Crippen molar-refractivity contribution in [1.82, 2.24) is 23.9 Å². The van der Waals surface area contributed by atoms with E-state index >= 15 is 0 Å². The Morgan fingerprint density at radius 3 is 2.22 bits per heavy atom. The van der Waals surface area contributed by atoms with Gasteiger partial charge >= 0.3 is 6.09 Å². The van der Waals surface area contributed by atoms with Crippen molar-refractivity contribution in [3.05, 3.63) is 41.0 Å². The number of nitrogens with zero attached hydrogens (tertiary/aromatic N) is 6. The second kappa shape index (κ2) is 11.1. The number of carbonyl (C=O) groups is 2. The van der Waals surface area contributed by atoms with Gasteiger partial charge in [0.2, 0.25) is 5.03 Å². The van der Waals surface area contributed by atoms with Crippen LogP contribution in [0.25, 0.3) is 0 Å². The smallest absolute Gasteiger partial charge is 0.409 e. The van der Waals surface area contributed by atoms with E-state index in [9.17, 15) is 18.0 Å². The summed E-state index contributed by atoms with van der Waals surface area (Å²) in [5.41, 5.74) is 0.916. The number of benzene rings is 1. The third-order valence-electron chi connectivity index (χ3n) is 6.39. The van der Waals surface area contributed by atoms with E-state index in [0.29, 0.717) is 37.7 Å². The summed E-state index contributed by atoms with van der Waals surface area (Å²) in [7, 11) is -4.00. The summed E-state index contributed by atoms with van der Waals surface area (Å²) in [5, 5.41) is 4.66. The summed E-state index contributed by atoms with van der Waals surface area (Å²) in [4.78, 5) is 30.5. The number of hydrogen-bond acceptors (Lipinski definition) is 7. The molecule has 196 valence electrons. The number of sulfonamides is 1. The summed E-state index contributed by atoms with van der Waals surface area (Å²) in [6.07, 6.45) is 1.08. The number of hydrogen-bond donors (Lipinski definition) is 0. The first-order chi connectivity index (χ1) is 17.3. The second-order valence-corrected chi connectivity index (χ2v) is 10.8. The molecule has 1 aromatic heterocycles. The lowest BCUT2D eigenvalue weighted by atomic mass is 10.2. The molecule has 0 spiro atoms. The maximum absolute atomic E-state index is 13.6. The molecule has 0 radical (unpaired) electrons. The molecule has 0 atom stereocenters. The number of anilines is 1. The molecular weight excluding hydrogens is 508 g/mol. The molecule has 1 aromatic carbocycles. The van der Waals surface area contributed by atoms with Crippen LogP contribution in [-0.2, 0) is 21.3 Å². The largest absolute Gasteiger partial charge is 0.450 e. The zero-order valence-corrected chi connectivity index (χ0v) is 22.0. The number of ether oxygens (including phenoxy) is 1. The Morgan fingerprint density at radius 1 is 0.972 bits per heavy atom. The molecule has 2 fully saturated rings. The Balaban J connectivity index is 1.49. The van der Waals surface area contributed by atoms with Gasteiger partial charge in [0.25, 0.3) is 15.9 Å². The van der Waals surface area contributed by atoms with E-state index in [4.69, 9.17) is 16.3 Å². The van der Waals surface area contributed by atoms with Crippen molar-refractivity contribution < 1.29 is 22.7 Å². The molecule has 0 bridgehead atoms. The van der Waals surface area contributed by atoms with Crippen molar-refractivity contribution >= 4 is 39.3 Å². The van der Waals surface area contributed by atoms with Gasteiger partial charge in [0.1, 0.15) is 0 Å². The average Bonchev–Trinajstić information content (AvgIpc) is 3.34. The minimum absolute atomic E-state index is 0.0509. The van der Waals surface area contributed by atoms with Crippen molar-refractivity contribution in [3.63, 3.8) is 0 Å². The Kier molecular flexibility index (Phi) is 8.06. The molecule has 2 aromatic rings. The maximum atomic E-state index is 13.6. The second-order valence-electron chi connectivity index (χ2n) is 8.52. The van der Waals surface area contributed by atoms with Crippen LogP contribution in [0.4, 0.5) is 10.5 Å². The van der Waals surface area contributed by atoms with Gasteiger partial charge < -0.3 is 19.4 Å². The molecule has 2 saturated heterocycles. The number of halogens is 1. The molecule has 0 unspecified atom stereocenters. The SMILES string of the molecule is CCOC(=O)N1CCN(C(=O)c2cn(CC)nc2S(=O)(=O)N2CCN(c3ccccc3Cl)CC2)CC1. The van der Waals surface area contributed by atoms with Crippen LogP contribution in [0, 0.1) is 0 Å². The van der Waals surface area contributed by atoms with E-state index in [1.807, 2.05) is 36.1 Å². The van der Waals surface area contributed by atoms with Crippen molar-refractivity contribution in [2.24, 2.45) is 0 Å². The number of rotatable bonds is 6. The molecule has 0 N–H and O–H groups in total. The minimum Gasteiger partial charge on any atom is -0.450 e. The van der Waals surface area contributed by atoms with Gasteiger partial charge in [-0.3, -0.25) is 9.48 Å². The van der Waals surface area contributed by atoms with Gasteiger partial charge in [-0.05, 0) is 26.0 Å². The van der Waals surface area contributed by atoms with E-state index in [0.717, 1.165) is 5.69 Å². The molecular formula is C23H31ClN6O5S. The summed E-state index contributed by atoms with van der Waals surface area (Å²) < 4.78 is 35.1. The van der Waals surface area contributed by atoms with E-state index in [1.54, 1.807) is 16.7 Å². The highest BCUT2D eigenvalue weighted by Gasteiger charge is 2.37. The normalized spacial score (nSPS) is 17.4. The molecule has 11 nitrogen and oxygen atoms in total. The predicted octanol–water partition coefficient (Wildman–Crippen LogP) is 1.98. The Bertz CT molecular complexity index is 1200. The lowest BCUT2D eigenvalue weighted by Gasteiger charge is -2.36. The van der Waals surface area contributed by atoms with Crippen LogP contribution in [0.1, 0.15) is 24.2 Å². The standard InChI is InChI=1S/C23H31ClN6O5S/c1-3-29-17-18(22(31)27-9-11-28(12-10-27)23(32)35-4-2)21(25-29)36(33,34)30-15-13-26(14-16-30)20-8-6-5-7-19(20)24/h5-8,17H,3-4,9-16H2,1-2H3. The fourth-order valence-corrected chi connectivity index (χ4v) is 6.15. The van der Waals surface area contributed by atoms with Crippen molar-refractivity contribution in [2.75, 3.05) is 63.9 Å². The molecule has 2 aliphatic rings. The number of aromatic nitrogens is 2. The van der Waals surface area contributed by atoms with Gasteiger partial charge in [-0.1, -0.05) is 23.7 Å². The summed E-state index contributed by atoms with van der Waals surface area (Å²) in [6, 6.07) is 7.47. The van der Waals surface area contributed by atoms with E-state index < -0.39 is 22.0 Å². The monoisotopic (exact) mass is 538 g/mol. The van der Waals surface area contributed by atoms with Gasteiger partial charge in [-0.25, -0.2) is 13.2 Å². The first kappa shape index (κ1) is 26.2. The van der Waals surface area contributed by atoms with Crippen molar-refractivity contribution in [2.45, 2.75) is 25.4 Å². The highest BCUT2D eigenvalue weighted by molar-refractivity contribution is 7.89. The number of amides is 2. The summed E-state index contributed by atoms with van der Waals surface area (Å²) in [5.74, 6) is -0.411. The highest BCUT2D eigenvalue weighted by atomic mass is 35.5. The lowest BCUT2D eigenvalue weighted by molar-refractivity contribution is 0.0567. The van der Waals surface area contributed by atoms with Crippen molar-refractivity contribution in [3.8, 4) is 0 Å². The van der Waals surface area contributed by atoms with Crippen LogP contribution in [0.15, 0.2) is 35.5 Å². The molecule has 13 heteroatoms. The van der Waals surface area contributed by atoms with Gasteiger partial charge in [0, 0.05) is 65.1 Å². The molecule has 2 aliphatic heterocycles. The Morgan fingerprint density at radius 2 is 1.61 bits per heavy atom. The third-order valence-corrected chi connectivity index (χ3v) is 8.55. The fraction of sp³-hybridized carbons (Fsp3) is 0.522. The first-order valence-electron chi connectivity index (χ1n) is 12.0. The topological polar surface area (TPSA) is 108 Å². The van der Waals surface area contributed by atoms with Gasteiger partial charge in [-0.15, -0.1) is 0 Å². The van der Waals surface area contributed by atoms with Gasteiger partial charge in [0.05, 0.1) is 22.9 Å². The fourth-order valence-electron chi connectivity index (χ4n) is 4.38. The minimum atomic E-state index is -4.00. The van der Waals surface area contributed by atoms with Crippen LogP contribution in [0.2, 0.25) is 5.02 Å². The van der Waals surface area contributed by atoms with E-state index in [2.05, 4.69) is 5.10 Å². The number of carbonyl (C=O) groups excluding carboxylic acids is 2. The van der Waals surface area contributed by atoms with E-state index in [1.165, 1.54) is 15.2 Å². The first-order valence-corrected chi connectivity index (χ1v) is 13.9. The molecule has 0 saturated carbocycles. The van der Waals surface area contributed by atoms with E-state index in [-0.39, 0.29) is 43.4 Å². The zero-order valence-electron chi connectivity index (χ0n) is 20.5. The molecule has 4 rings (SSSR count). The summed E-state index contributed by atoms with van der Waals surface area (Å²) >= 11 is 6.31. The zero-order chi connectivity index (χ0) is 25.9. The van der Waals surface area contributed by atoms with Gasteiger partial charge in [-0.2, -0.15) is 9.40 Å². The number of para-hydroxylation sites is 1. The van der Waals surface area contributed by atoms with Crippen LogP contribution in [0.5, 0.6) is 0 Å². The van der Waals surface area contributed by atoms with Crippen LogP contribution in [-0.4, -0.2) is 103 Å². The molecule has 36 heavy (non-hydrogen) atoms. The molecule has 2 amide bonds. The van der Waals surface area contributed by atoms with Gasteiger partial charge in [0.15, 0.2) is 0 Å². The van der Waals surface area contributed by atoms with Crippen LogP contribution >= 0.6 is 11.6 Å². The maximum Gasteiger partial charge on any atom is 0.409 e. The quantitative estimate of drug-likeness (QED) is 0.553. The number of piperazine rings is 2. The predicted molar refractivity (Wildman–Crippen MR) is 135 cm³/mol.